The average Bonchev–Trinajstić information content (AvgIpc) is 2.75. The van der Waals surface area contributed by atoms with E-state index in [1.54, 1.807) is 30.3 Å². The van der Waals surface area contributed by atoms with E-state index in [4.69, 9.17) is 4.74 Å². The van der Waals surface area contributed by atoms with Crippen molar-refractivity contribution >= 4 is 17.5 Å². The van der Waals surface area contributed by atoms with Crippen LogP contribution in [0, 0.1) is 0 Å². The van der Waals surface area contributed by atoms with Crippen molar-refractivity contribution in [2.45, 2.75) is 45.6 Å². The molecule has 0 saturated carbocycles. The van der Waals surface area contributed by atoms with Crippen LogP contribution in [0.4, 0.5) is 5.69 Å². The molecule has 0 fully saturated rings. The molecular formula is C24H30N2O3. The van der Waals surface area contributed by atoms with E-state index < -0.39 is 6.10 Å². The van der Waals surface area contributed by atoms with Crippen molar-refractivity contribution in [3.05, 3.63) is 72.3 Å². The number of hydrogen-bond donors (Lipinski definition) is 2. The molecular weight excluding hydrogens is 364 g/mol. The molecule has 2 unspecified atom stereocenters. The number of para-hydroxylation sites is 2. The van der Waals surface area contributed by atoms with Gasteiger partial charge in [0.1, 0.15) is 5.75 Å². The van der Waals surface area contributed by atoms with Gasteiger partial charge in [0, 0.05) is 6.54 Å². The fourth-order valence-corrected chi connectivity index (χ4v) is 2.95. The quantitative estimate of drug-likeness (QED) is 0.563. The molecule has 0 aliphatic rings. The lowest BCUT2D eigenvalue weighted by atomic mass is 9.98. The van der Waals surface area contributed by atoms with E-state index in [1.807, 2.05) is 31.2 Å². The van der Waals surface area contributed by atoms with Crippen LogP contribution in [0.25, 0.3) is 0 Å². The summed E-state index contributed by atoms with van der Waals surface area (Å²) in [4.78, 5) is 25.3. The Balaban J connectivity index is 2.18. The Morgan fingerprint density at radius 2 is 1.76 bits per heavy atom. The number of hydrogen-bond acceptors (Lipinski definition) is 3. The van der Waals surface area contributed by atoms with Crippen molar-refractivity contribution in [2.75, 3.05) is 11.9 Å². The first kappa shape index (κ1) is 22.2. The summed E-state index contributed by atoms with van der Waals surface area (Å²) in [6, 6.07) is 14.7. The summed E-state index contributed by atoms with van der Waals surface area (Å²) in [7, 11) is 0. The van der Waals surface area contributed by atoms with E-state index in [2.05, 4.69) is 31.1 Å². The van der Waals surface area contributed by atoms with Gasteiger partial charge in [-0.15, -0.1) is 6.58 Å². The first-order chi connectivity index (χ1) is 14.0. The molecule has 0 aliphatic carbocycles. The number of carbonyl (C=O) groups is 2. The highest BCUT2D eigenvalue weighted by Crippen LogP contribution is 2.29. The molecule has 0 saturated heterocycles. The molecule has 154 valence electrons. The third-order valence-electron chi connectivity index (χ3n) is 4.83. The van der Waals surface area contributed by atoms with Crippen LogP contribution in [0.15, 0.2) is 61.2 Å². The molecule has 0 heterocycles. The predicted octanol–water partition coefficient (Wildman–Crippen LogP) is 4.91. The molecule has 2 aromatic carbocycles. The van der Waals surface area contributed by atoms with Crippen molar-refractivity contribution < 1.29 is 14.3 Å². The van der Waals surface area contributed by atoms with Gasteiger partial charge < -0.3 is 15.4 Å². The van der Waals surface area contributed by atoms with Crippen LogP contribution in [0.2, 0.25) is 0 Å². The predicted molar refractivity (Wildman–Crippen MR) is 117 cm³/mol. The Hall–Kier alpha value is -3.08. The van der Waals surface area contributed by atoms with Crippen molar-refractivity contribution in [3.8, 4) is 5.75 Å². The van der Waals surface area contributed by atoms with E-state index in [0.717, 1.165) is 17.7 Å². The number of rotatable bonds is 10. The molecule has 0 aromatic heterocycles. The van der Waals surface area contributed by atoms with E-state index in [-0.39, 0.29) is 11.8 Å². The van der Waals surface area contributed by atoms with Crippen LogP contribution >= 0.6 is 0 Å². The number of ether oxygens (including phenoxy) is 1. The number of carbonyl (C=O) groups excluding carboxylic acids is 2. The summed E-state index contributed by atoms with van der Waals surface area (Å²) in [6.07, 6.45) is 2.43. The Morgan fingerprint density at radius 3 is 2.45 bits per heavy atom. The zero-order valence-corrected chi connectivity index (χ0v) is 17.4. The Morgan fingerprint density at radius 1 is 1.07 bits per heavy atom. The number of anilines is 1. The third-order valence-corrected chi connectivity index (χ3v) is 4.83. The lowest BCUT2D eigenvalue weighted by Gasteiger charge is -2.22. The molecule has 2 rings (SSSR count). The van der Waals surface area contributed by atoms with Crippen molar-refractivity contribution in [1.29, 1.82) is 0 Å². The minimum atomic E-state index is -0.663. The lowest BCUT2D eigenvalue weighted by molar-refractivity contribution is -0.122. The van der Waals surface area contributed by atoms with Gasteiger partial charge in [-0.1, -0.05) is 57.2 Å². The summed E-state index contributed by atoms with van der Waals surface area (Å²) in [5.74, 6) is 0.509. The molecule has 29 heavy (non-hydrogen) atoms. The summed E-state index contributed by atoms with van der Waals surface area (Å²) in [5.41, 5.74) is 1.94. The van der Waals surface area contributed by atoms with E-state index in [1.165, 1.54) is 0 Å². The van der Waals surface area contributed by atoms with E-state index in [9.17, 15) is 9.59 Å². The fraction of sp³-hybridized carbons (Fsp3) is 0.333. The average molecular weight is 395 g/mol. The third kappa shape index (κ3) is 5.95. The number of benzene rings is 2. The first-order valence-electron chi connectivity index (χ1n) is 10.1. The second kappa shape index (κ2) is 11.1. The van der Waals surface area contributed by atoms with Gasteiger partial charge in [0.15, 0.2) is 6.10 Å². The SMILES string of the molecule is C=CCNC(=O)c1ccccc1NC(=O)C(CC)Oc1ccccc1C(C)CC. The molecule has 2 N–H and O–H groups in total. The highest BCUT2D eigenvalue weighted by molar-refractivity contribution is 6.04. The van der Waals surface area contributed by atoms with Crippen LogP contribution in [-0.4, -0.2) is 24.5 Å². The number of amides is 2. The van der Waals surface area contributed by atoms with Gasteiger partial charge in [-0.25, -0.2) is 0 Å². The molecule has 0 radical (unpaired) electrons. The zero-order valence-electron chi connectivity index (χ0n) is 17.4. The second-order valence-corrected chi connectivity index (χ2v) is 6.90. The van der Waals surface area contributed by atoms with Crippen LogP contribution in [0.5, 0.6) is 5.75 Å². The van der Waals surface area contributed by atoms with Gasteiger partial charge >= 0.3 is 0 Å². The maximum Gasteiger partial charge on any atom is 0.265 e. The topological polar surface area (TPSA) is 67.4 Å². The monoisotopic (exact) mass is 394 g/mol. The minimum Gasteiger partial charge on any atom is -0.480 e. The molecule has 5 nitrogen and oxygen atoms in total. The highest BCUT2D eigenvalue weighted by Gasteiger charge is 2.22. The van der Waals surface area contributed by atoms with E-state index in [0.29, 0.717) is 30.1 Å². The summed E-state index contributed by atoms with van der Waals surface area (Å²) in [6.45, 7) is 10.1. The standard InChI is InChI=1S/C24H30N2O3/c1-5-16-25-23(27)19-13-8-10-14-20(19)26-24(28)21(7-3)29-22-15-11-9-12-18(22)17(4)6-2/h5,8-15,17,21H,1,6-7,16H2,2-4H3,(H,25,27)(H,26,28). The smallest absolute Gasteiger partial charge is 0.265 e. The van der Waals surface area contributed by atoms with Gasteiger partial charge in [0.25, 0.3) is 11.8 Å². The fourth-order valence-electron chi connectivity index (χ4n) is 2.95. The lowest BCUT2D eigenvalue weighted by Crippen LogP contribution is -2.34. The summed E-state index contributed by atoms with van der Waals surface area (Å²) in [5, 5.41) is 5.58. The number of nitrogens with one attached hydrogen (secondary N) is 2. The summed E-state index contributed by atoms with van der Waals surface area (Å²) < 4.78 is 6.09. The maximum atomic E-state index is 12.9. The Bertz CT molecular complexity index is 848. The summed E-state index contributed by atoms with van der Waals surface area (Å²) >= 11 is 0. The molecule has 0 spiro atoms. The highest BCUT2D eigenvalue weighted by atomic mass is 16.5. The van der Waals surface area contributed by atoms with Crippen LogP contribution < -0.4 is 15.4 Å². The molecule has 2 aromatic rings. The van der Waals surface area contributed by atoms with Crippen molar-refractivity contribution in [1.82, 2.24) is 5.32 Å². The Labute approximate surface area is 173 Å². The van der Waals surface area contributed by atoms with Crippen LogP contribution in [0.1, 0.15) is 55.5 Å². The molecule has 0 aliphatic heterocycles. The first-order valence-corrected chi connectivity index (χ1v) is 10.1. The van der Waals surface area contributed by atoms with Gasteiger partial charge in [-0.05, 0) is 42.5 Å². The van der Waals surface area contributed by atoms with Crippen LogP contribution in [0.3, 0.4) is 0 Å². The largest absolute Gasteiger partial charge is 0.480 e. The van der Waals surface area contributed by atoms with Gasteiger partial charge in [0.2, 0.25) is 0 Å². The van der Waals surface area contributed by atoms with Crippen LogP contribution in [-0.2, 0) is 4.79 Å². The zero-order chi connectivity index (χ0) is 21.2. The van der Waals surface area contributed by atoms with Gasteiger partial charge in [0.05, 0.1) is 11.3 Å². The maximum absolute atomic E-state index is 12.9. The Kier molecular flexibility index (Phi) is 8.46. The van der Waals surface area contributed by atoms with Crippen molar-refractivity contribution in [3.63, 3.8) is 0 Å². The minimum absolute atomic E-state index is 0.267. The molecule has 2 atom stereocenters. The van der Waals surface area contributed by atoms with E-state index >= 15 is 0 Å². The normalized spacial score (nSPS) is 12.5. The second-order valence-electron chi connectivity index (χ2n) is 6.90. The van der Waals surface area contributed by atoms with Gasteiger partial charge in [-0.2, -0.15) is 0 Å². The van der Waals surface area contributed by atoms with Gasteiger partial charge in [-0.3, -0.25) is 9.59 Å². The van der Waals surface area contributed by atoms with Crippen molar-refractivity contribution in [2.24, 2.45) is 0 Å². The molecule has 5 heteroatoms. The molecule has 0 bridgehead atoms. The molecule has 2 amide bonds.